The molecule has 0 fully saturated rings. The van der Waals surface area contributed by atoms with Gasteiger partial charge in [0.2, 0.25) is 0 Å². The molecule has 8 nitrogen and oxygen atoms in total. The third-order valence-electron chi connectivity index (χ3n) is 3.37. The molecule has 0 aliphatic carbocycles. The number of imidazole rings is 1. The van der Waals surface area contributed by atoms with Gasteiger partial charge in [-0.1, -0.05) is 0 Å². The molecule has 0 radical (unpaired) electrons. The van der Waals surface area contributed by atoms with E-state index in [0.717, 1.165) is 5.82 Å². The number of benzene rings is 1. The van der Waals surface area contributed by atoms with E-state index < -0.39 is 0 Å². The second-order valence-corrected chi connectivity index (χ2v) is 4.84. The molecule has 0 bridgehead atoms. The van der Waals surface area contributed by atoms with Crippen molar-refractivity contribution in [3.05, 3.63) is 35.9 Å². The lowest BCUT2D eigenvalue weighted by molar-refractivity contribution is -0.121. The first-order chi connectivity index (χ1) is 11.6. The van der Waals surface area contributed by atoms with Crippen LogP contribution >= 0.6 is 0 Å². The standard InChI is InChI=1S/C16H20N4O4/c1-11-17-5-6-20(11)10-16(21)19-18-9-12-7-14(23-3)15(24-4)8-13(12)22-2/h5-9H,10H2,1-4H3,(H,19,21)/b18-9-. The highest BCUT2D eigenvalue weighted by atomic mass is 16.5. The minimum Gasteiger partial charge on any atom is -0.496 e. The number of amides is 1. The van der Waals surface area contributed by atoms with Crippen LogP contribution in [0.5, 0.6) is 17.2 Å². The first-order valence-electron chi connectivity index (χ1n) is 7.18. The highest BCUT2D eigenvalue weighted by Crippen LogP contribution is 2.33. The summed E-state index contributed by atoms with van der Waals surface area (Å²) in [7, 11) is 4.63. The minimum atomic E-state index is -0.258. The van der Waals surface area contributed by atoms with Gasteiger partial charge in [-0.25, -0.2) is 10.4 Å². The van der Waals surface area contributed by atoms with Crippen molar-refractivity contribution in [2.45, 2.75) is 13.5 Å². The molecule has 1 amide bonds. The molecule has 0 spiro atoms. The normalized spacial score (nSPS) is 10.7. The van der Waals surface area contributed by atoms with Gasteiger partial charge in [-0.2, -0.15) is 5.10 Å². The Bertz CT molecular complexity index is 740. The first-order valence-corrected chi connectivity index (χ1v) is 7.18. The van der Waals surface area contributed by atoms with Crippen LogP contribution in [0.4, 0.5) is 0 Å². The van der Waals surface area contributed by atoms with Crippen molar-refractivity contribution in [2.24, 2.45) is 5.10 Å². The average Bonchev–Trinajstić information content (AvgIpc) is 2.99. The van der Waals surface area contributed by atoms with Crippen LogP contribution in [-0.4, -0.2) is 43.0 Å². The third-order valence-corrected chi connectivity index (χ3v) is 3.37. The molecule has 24 heavy (non-hydrogen) atoms. The van der Waals surface area contributed by atoms with Crippen LogP contribution in [0.2, 0.25) is 0 Å². The minimum absolute atomic E-state index is 0.145. The molecule has 0 atom stereocenters. The van der Waals surface area contributed by atoms with Gasteiger partial charge in [0, 0.05) is 24.0 Å². The van der Waals surface area contributed by atoms with Crippen molar-refractivity contribution in [3.8, 4) is 17.2 Å². The lowest BCUT2D eigenvalue weighted by Gasteiger charge is -2.11. The summed E-state index contributed by atoms with van der Waals surface area (Å²) in [6.45, 7) is 1.97. The topological polar surface area (TPSA) is 87.0 Å². The van der Waals surface area contributed by atoms with E-state index >= 15 is 0 Å². The van der Waals surface area contributed by atoms with Gasteiger partial charge < -0.3 is 18.8 Å². The monoisotopic (exact) mass is 332 g/mol. The zero-order chi connectivity index (χ0) is 17.5. The lowest BCUT2D eigenvalue weighted by atomic mass is 10.2. The Morgan fingerprint density at radius 3 is 2.46 bits per heavy atom. The Morgan fingerprint density at radius 2 is 1.88 bits per heavy atom. The zero-order valence-corrected chi connectivity index (χ0v) is 14.1. The van der Waals surface area contributed by atoms with E-state index in [0.29, 0.717) is 22.8 Å². The van der Waals surface area contributed by atoms with E-state index in [2.05, 4.69) is 15.5 Å². The fourth-order valence-corrected chi connectivity index (χ4v) is 2.09. The number of ether oxygens (including phenoxy) is 3. The second kappa shape index (κ2) is 8.00. The summed E-state index contributed by atoms with van der Waals surface area (Å²) in [5.41, 5.74) is 3.12. The van der Waals surface area contributed by atoms with Crippen molar-refractivity contribution < 1.29 is 19.0 Å². The van der Waals surface area contributed by atoms with Crippen LogP contribution < -0.4 is 19.6 Å². The molecule has 1 heterocycles. The van der Waals surface area contributed by atoms with Gasteiger partial charge in [0.1, 0.15) is 18.1 Å². The smallest absolute Gasteiger partial charge is 0.260 e. The molecule has 0 aliphatic heterocycles. The van der Waals surface area contributed by atoms with Crippen molar-refractivity contribution in [2.75, 3.05) is 21.3 Å². The quantitative estimate of drug-likeness (QED) is 0.611. The molecular weight excluding hydrogens is 312 g/mol. The van der Waals surface area contributed by atoms with E-state index in [1.54, 1.807) is 50.4 Å². The van der Waals surface area contributed by atoms with Gasteiger partial charge in [-0.3, -0.25) is 4.79 Å². The molecule has 1 aromatic carbocycles. The summed E-state index contributed by atoms with van der Waals surface area (Å²) in [4.78, 5) is 15.9. The third kappa shape index (κ3) is 4.03. The van der Waals surface area contributed by atoms with Crippen molar-refractivity contribution in [1.82, 2.24) is 15.0 Å². The number of hydrogen-bond donors (Lipinski definition) is 1. The number of nitrogens with one attached hydrogen (secondary N) is 1. The molecular formula is C16H20N4O4. The molecule has 8 heteroatoms. The number of nitrogens with zero attached hydrogens (tertiary/aromatic N) is 3. The maximum Gasteiger partial charge on any atom is 0.260 e. The van der Waals surface area contributed by atoms with Gasteiger partial charge >= 0.3 is 0 Å². The number of methoxy groups -OCH3 is 3. The van der Waals surface area contributed by atoms with E-state index in [4.69, 9.17) is 14.2 Å². The summed E-state index contributed by atoms with van der Waals surface area (Å²) in [5, 5.41) is 3.96. The van der Waals surface area contributed by atoms with E-state index in [9.17, 15) is 4.79 Å². The number of rotatable bonds is 7. The van der Waals surface area contributed by atoms with E-state index in [1.165, 1.54) is 6.21 Å². The first kappa shape index (κ1) is 17.3. The van der Waals surface area contributed by atoms with Crippen LogP contribution in [0.25, 0.3) is 0 Å². The molecule has 2 rings (SSSR count). The number of aromatic nitrogens is 2. The number of aryl methyl sites for hydroxylation is 1. The highest BCUT2D eigenvalue weighted by molar-refractivity contribution is 5.86. The molecule has 128 valence electrons. The van der Waals surface area contributed by atoms with Crippen LogP contribution in [0.1, 0.15) is 11.4 Å². The summed E-state index contributed by atoms with van der Waals surface area (Å²) >= 11 is 0. The highest BCUT2D eigenvalue weighted by Gasteiger charge is 2.10. The molecule has 0 aliphatic rings. The number of carbonyl (C=O) groups excluding carboxylic acids is 1. The predicted molar refractivity (Wildman–Crippen MR) is 88.8 cm³/mol. The van der Waals surface area contributed by atoms with Crippen LogP contribution in [0.15, 0.2) is 29.6 Å². The largest absolute Gasteiger partial charge is 0.496 e. The average molecular weight is 332 g/mol. The molecule has 0 saturated carbocycles. The Kier molecular flexibility index (Phi) is 5.78. The number of carbonyl (C=O) groups is 1. The predicted octanol–water partition coefficient (Wildman–Crippen LogP) is 1.37. The van der Waals surface area contributed by atoms with Crippen LogP contribution in [0, 0.1) is 6.92 Å². The Morgan fingerprint density at radius 1 is 1.21 bits per heavy atom. The summed E-state index contributed by atoms with van der Waals surface area (Å²) in [6, 6.07) is 3.41. The molecule has 1 aromatic heterocycles. The van der Waals surface area contributed by atoms with Crippen LogP contribution in [0.3, 0.4) is 0 Å². The Balaban J connectivity index is 2.08. The molecule has 1 N–H and O–H groups in total. The summed E-state index contributed by atoms with van der Waals surface area (Å²) in [6.07, 6.45) is 4.86. The molecule has 2 aromatic rings. The van der Waals surface area contributed by atoms with Crippen molar-refractivity contribution >= 4 is 12.1 Å². The number of hydrazone groups is 1. The van der Waals surface area contributed by atoms with E-state index in [1.807, 2.05) is 6.92 Å². The van der Waals surface area contributed by atoms with Gasteiger partial charge in [-0.15, -0.1) is 0 Å². The summed E-state index contributed by atoms with van der Waals surface area (Å²) in [5.74, 6) is 2.14. The van der Waals surface area contributed by atoms with Gasteiger partial charge in [0.15, 0.2) is 11.5 Å². The Labute approximate surface area is 140 Å². The Hall–Kier alpha value is -3.03. The maximum atomic E-state index is 11.9. The zero-order valence-electron chi connectivity index (χ0n) is 14.1. The molecule has 0 unspecified atom stereocenters. The van der Waals surface area contributed by atoms with Gasteiger partial charge in [-0.05, 0) is 13.0 Å². The summed E-state index contributed by atoms with van der Waals surface area (Å²) < 4.78 is 17.5. The number of hydrogen-bond acceptors (Lipinski definition) is 6. The fraction of sp³-hybridized carbons (Fsp3) is 0.312. The van der Waals surface area contributed by atoms with E-state index in [-0.39, 0.29) is 12.5 Å². The van der Waals surface area contributed by atoms with Crippen LogP contribution in [-0.2, 0) is 11.3 Å². The lowest BCUT2D eigenvalue weighted by Crippen LogP contribution is -2.23. The van der Waals surface area contributed by atoms with Crippen molar-refractivity contribution in [1.29, 1.82) is 0 Å². The fourth-order valence-electron chi connectivity index (χ4n) is 2.09. The van der Waals surface area contributed by atoms with Gasteiger partial charge in [0.05, 0.1) is 27.5 Å². The SMILES string of the molecule is COc1cc(OC)c(OC)cc1/C=N\NC(=O)Cn1ccnc1C. The molecule has 0 saturated heterocycles. The maximum absolute atomic E-state index is 11.9. The second-order valence-electron chi connectivity index (χ2n) is 4.84. The van der Waals surface area contributed by atoms with Gasteiger partial charge in [0.25, 0.3) is 5.91 Å². The van der Waals surface area contributed by atoms with Crippen molar-refractivity contribution in [3.63, 3.8) is 0 Å².